The number of rotatable bonds is 8. The number of aldehydes is 1. The van der Waals surface area contributed by atoms with Gasteiger partial charge in [-0.15, -0.1) is 0 Å². The lowest BCUT2D eigenvalue weighted by molar-refractivity contribution is -0.300. The molecule has 0 aliphatic carbocycles. The molecule has 0 aromatic rings. The van der Waals surface area contributed by atoms with Crippen molar-refractivity contribution >= 4 is 29.8 Å². The molecule has 0 radical (unpaired) electrons. The number of likely N-dealkylation sites (N-methyl/N-ethyl adjacent to an activating group) is 1. The Balaban J connectivity index is 2.00. The first-order valence-corrected chi connectivity index (χ1v) is 20.3. The first kappa shape index (κ1) is 45.8. The second-order valence-corrected chi connectivity index (χ2v) is 18.7. The fourth-order valence-corrected chi connectivity index (χ4v) is 9.66. The summed E-state index contributed by atoms with van der Waals surface area (Å²) in [7, 11) is 5.58. The number of methoxy groups -OCH3 is 1. The molecule has 0 unspecified atom stereocenters. The van der Waals surface area contributed by atoms with Gasteiger partial charge in [-0.05, 0) is 102 Å². The van der Waals surface area contributed by atoms with Crippen LogP contribution in [0.1, 0.15) is 116 Å². The fraction of sp³-hybridized carbons (Fsp3) is 0.837. The number of aliphatic imine (C=N–C) groups is 1. The van der Waals surface area contributed by atoms with Gasteiger partial charge in [-0.25, -0.2) is 4.79 Å². The van der Waals surface area contributed by atoms with Crippen LogP contribution in [0.3, 0.4) is 0 Å². The molecule has 13 heteroatoms. The number of ketones is 1. The highest BCUT2D eigenvalue weighted by Crippen LogP contribution is 2.50. The number of nitrogens with zero attached hydrogens (tertiary/aromatic N) is 3. The average molecular weight is 788 g/mol. The van der Waals surface area contributed by atoms with Crippen LogP contribution in [0.5, 0.6) is 0 Å². The summed E-state index contributed by atoms with van der Waals surface area (Å²) >= 11 is 0. The lowest BCUT2D eigenvalue weighted by atomic mass is 9.71. The summed E-state index contributed by atoms with van der Waals surface area (Å²) in [4.78, 5) is 64.0. The number of carbonyl (C=O) groups excluding carboxylic acids is 4. The standard InChI is InChI=1S/C43H69N3O10/c1-17-30-43(13)33-27(4)31(44-40(8,9)41(10,11)46(33)38(50)56-43)25(2)24-42(12,52-22-20-18-19-21-47)35(28(5)34(48)39(6,7)37(49)54-30)55-36-32(51-16)29(45(14)15)23-26(3)53-36/h21,25-30,32-33,35-36H,17,19,22-24H2,1-16H3/t25-,26-,27+,28+,29+,30-,32-,33-,35-,36+,42+,43-/m1/s1. The quantitative estimate of drug-likeness (QED) is 0.131. The summed E-state index contributed by atoms with van der Waals surface area (Å²) in [6.07, 6.45) is -1.87. The maximum atomic E-state index is 14.9. The normalized spacial score (nSPS) is 39.7. The smallest absolute Gasteiger partial charge is 0.411 e. The minimum atomic E-state index is -1.65. The van der Waals surface area contributed by atoms with Gasteiger partial charge in [0, 0.05) is 30.7 Å². The number of esters is 1. The molecule has 0 N–H and O–H groups in total. The third-order valence-corrected chi connectivity index (χ3v) is 13.5. The first-order chi connectivity index (χ1) is 25.9. The van der Waals surface area contributed by atoms with E-state index in [-0.39, 0.29) is 37.0 Å². The van der Waals surface area contributed by atoms with Gasteiger partial charge in [0.15, 0.2) is 17.7 Å². The van der Waals surface area contributed by atoms with Crippen molar-refractivity contribution in [1.29, 1.82) is 0 Å². The van der Waals surface area contributed by atoms with Crippen molar-refractivity contribution < 1.29 is 47.6 Å². The van der Waals surface area contributed by atoms with Gasteiger partial charge in [-0.3, -0.25) is 19.5 Å². The molecule has 3 fully saturated rings. The van der Waals surface area contributed by atoms with Crippen LogP contribution < -0.4 is 0 Å². The SMILES string of the molecule is CC[C@H]1OC(=O)C(C)(C)C(=O)[C@H](C)[C@@H](O[C@@H]2O[C@H](C)C[C@H](N(C)C)[C@H]2OC)[C@@](C)(OCC#CCC=O)C[C@@H](C)C2=NC(C)(C)C(C)(C)N3C(=O)O[C@@]1(C)[C@H]3[C@H]2C. The van der Waals surface area contributed by atoms with Crippen molar-refractivity contribution in [3.63, 3.8) is 0 Å². The Bertz CT molecular complexity index is 1580. The van der Waals surface area contributed by atoms with Gasteiger partial charge in [-0.1, -0.05) is 39.5 Å². The van der Waals surface area contributed by atoms with Gasteiger partial charge in [0.2, 0.25) is 0 Å². The maximum Gasteiger partial charge on any atom is 0.411 e. The third kappa shape index (κ3) is 8.20. The number of carbonyl (C=O) groups is 4. The summed E-state index contributed by atoms with van der Waals surface area (Å²) < 4.78 is 39.0. The molecule has 0 aromatic carbocycles. The van der Waals surface area contributed by atoms with E-state index in [1.807, 2.05) is 69.5 Å². The van der Waals surface area contributed by atoms with E-state index in [0.717, 1.165) is 12.0 Å². The van der Waals surface area contributed by atoms with E-state index in [1.54, 1.807) is 32.8 Å². The predicted octanol–water partition coefficient (Wildman–Crippen LogP) is 5.64. The second kappa shape index (κ2) is 16.8. The molecule has 0 saturated carbocycles. The Labute approximate surface area is 335 Å². The molecule has 4 aliphatic heterocycles. The molecular formula is C43H69N3O10. The van der Waals surface area contributed by atoms with Crippen molar-refractivity contribution in [2.45, 2.75) is 181 Å². The first-order valence-electron chi connectivity index (χ1n) is 20.3. The monoisotopic (exact) mass is 787 g/mol. The summed E-state index contributed by atoms with van der Waals surface area (Å²) in [6.45, 7) is 24.6. The highest BCUT2D eigenvalue weighted by molar-refractivity contribution is 6.04. The Morgan fingerprint density at radius 3 is 2.20 bits per heavy atom. The van der Waals surface area contributed by atoms with Crippen LogP contribution in [0.2, 0.25) is 0 Å². The van der Waals surface area contributed by atoms with E-state index in [9.17, 15) is 19.2 Å². The van der Waals surface area contributed by atoms with E-state index < -0.39 is 82.1 Å². The van der Waals surface area contributed by atoms with Crippen LogP contribution in [-0.4, -0.2) is 133 Å². The zero-order chi connectivity index (χ0) is 42.3. The van der Waals surface area contributed by atoms with E-state index >= 15 is 0 Å². The molecule has 3 saturated heterocycles. The number of Topliss-reactive ketones (excluding diaryl/α,β-unsaturated/α-hetero) is 1. The predicted molar refractivity (Wildman–Crippen MR) is 212 cm³/mol. The number of amides is 1. The number of hydrogen-bond acceptors (Lipinski definition) is 12. The van der Waals surface area contributed by atoms with Crippen LogP contribution in [0.15, 0.2) is 4.99 Å². The molecule has 4 heterocycles. The van der Waals surface area contributed by atoms with Gasteiger partial charge in [0.1, 0.15) is 30.5 Å². The van der Waals surface area contributed by atoms with Crippen molar-refractivity contribution in [3.8, 4) is 11.8 Å². The maximum absolute atomic E-state index is 14.9. The molecule has 13 nitrogen and oxygen atoms in total. The van der Waals surface area contributed by atoms with Crippen LogP contribution >= 0.6 is 0 Å². The van der Waals surface area contributed by atoms with Crippen LogP contribution in [0, 0.1) is 35.0 Å². The van der Waals surface area contributed by atoms with Crippen molar-refractivity contribution in [2.75, 3.05) is 27.8 Å². The molecule has 2 bridgehead atoms. The molecular weight excluding hydrogens is 718 g/mol. The van der Waals surface area contributed by atoms with E-state index in [0.29, 0.717) is 19.3 Å². The molecule has 4 rings (SSSR count). The number of hydrogen-bond donors (Lipinski definition) is 0. The van der Waals surface area contributed by atoms with Crippen molar-refractivity contribution in [1.82, 2.24) is 9.80 Å². The third-order valence-electron chi connectivity index (χ3n) is 13.5. The number of ether oxygens (including phenoxy) is 6. The molecule has 0 spiro atoms. The lowest BCUT2D eigenvalue weighted by Gasteiger charge is -2.49. The van der Waals surface area contributed by atoms with Crippen molar-refractivity contribution in [2.24, 2.45) is 28.2 Å². The largest absolute Gasteiger partial charge is 0.457 e. The van der Waals surface area contributed by atoms with Gasteiger partial charge >= 0.3 is 12.1 Å². The molecule has 12 atom stereocenters. The summed E-state index contributed by atoms with van der Waals surface area (Å²) in [5.41, 5.74) is -4.95. The van der Waals surface area contributed by atoms with E-state index in [4.69, 9.17) is 33.4 Å². The van der Waals surface area contributed by atoms with Crippen LogP contribution in [-0.2, 0) is 42.8 Å². The van der Waals surface area contributed by atoms with E-state index in [2.05, 4.69) is 30.6 Å². The molecule has 56 heavy (non-hydrogen) atoms. The van der Waals surface area contributed by atoms with E-state index in [1.165, 1.54) is 0 Å². The summed E-state index contributed by atoms with van der Waals surface area (Å²) in [5.74, 6) is 3.04. The number of fused-ring (bicyclic) bond motifs is 1. The van der Waals surface area contributed by atoms with Crippen LogP contribution in [0.4, 0.5) is 4.79 Å². The van der Waals surface area contributed by atoms with Gasteiger partial charge in [-0.2, -0.15) is 0 Å². The Hall–Kier alpha value is -2.89. The highest BCUT2D eigenvalue weighted by Gasteiger charge is 2.66. The van der Waals surface area contributed by atoms with Crippen molar-refractivity contribution in [3.05, 3.63) is 0 Å². The second-order valence-electron chi connectivity index (χ2n) is 18.7. The average Bonchev–Trinajstić information content (AvgIpc) is 3.37. The zero-order valence-electron chi connectivity index (χ0n) is 36.8. The zero-order valence-corrected chi connectivity index (χ0v) is 36.8. The molecule has 0 aromatic heterocycles. The van der Waals surface area contributed by atoms with Gasteiger partial charge in [0.25, 0.3) is 0 Å². The van der Waals surface area contributed by atoms with Crippen LogP contribution in [0.25, 0.3) is 0 Å². The Kier molecular flexibility index (Phi) is 13.7. The highest BCUT2D eigenvalue weighted by atomic mass is 16.7. The minimum Gasteiger partial charge on any atom is -0.457 e. The number of cyclic esters (lactones) is 1. The Morgan fingerprint density at radius 2 is 1.62 bits per heavy atom. The summed E-state index contributed by atoms with van der Waals surface area (Å²) in [5, 5.41) is 0. The Morgan fingerprint density at radius 1 is 0.982 bits per heavy atom. The lowest BCUT2D eigenvalue weighted by Crippen LogP contribution is -2.64. The van der Waals surface area contributed by atoms with Gasteiger partial charge < -0.3 is 38.1 Å². The topological polar surface area (TPSA) is 142 Å². The molecule has 4 aliphatic rings. The molecule has 316 valence electrons. The minimum absolute atomic E-state index is 0.0478. The van der Waals surface area contributed by atoms with Gasteiger partial charge in [0.05, 0.1) is 41.3 Å². The molecule has 1 amide bonds. The summed E-state index contributed by atoms with van der Waals surface area (Å²) in [6, 6.07) is -0.640. The fourth-order valence-electron chi connectivity index (χ4n) is 9.66.